The van der Waals surface area contributed by atoms with Gasteiger partial charge in [-0.05, 0) is 36.8 Å². The average Bonchev–Trinajstić information content (AvgIpc) is 3.62. The van der Waals surface area contributed by atoms with Crippen molar-refractivity contribution in [3.63, 3.8) is 0 Å². The topological polar surface area (TPSA) is 89.2 Å². The van der Waals surface area contributed by atoms with E-state index in [-0.39, 0.29) is 23.0 Å². The molecule has 2 N–H and O–H groups in total. The third-order valence-electron chi connectivity index (χ3n) is 7.03. The average molecular weight is 552 g/mol. The largest absolute Gasteiger partial charge is 0.383 e. The SMILES string of the molecule is COCCN1CC(c2ccc(F)c(Cl)c2)[C@H](NC(=O)Nc2c(C)c(-c3cnn(C)c3)nn2-c2ccccc2)C1. The lowest BCUT2D eigenvalue weighted by molar-refractivity contribution is 0.159. The number of nitrogens with one attached hydrogen (secondary N) is 2. The molecule has 1 unspecified atom stereocenters. The molecule has 11 heteroatoms. The first kappa shape index (κ1) is 26.9. The number of anilines is 1. The Morgan fingerprint density at radius 2 is 2.00 bits per heavy atom. The summed E-state index contributed by atoms with van der Waals surface area (Å²) >= 11 is 6.10. The fraction of sp³-hybridized carbons (Fsp3) is 0.321. The van der Waals surface area contributed by atoms with E-state index in [1.807, 2.05) is 50.5 Å². The minimum Gasteiger partial charge on any atom is -0.383 e. The van der Waals surface area contributed by atoms with Gasteiger partial charge in [-0.15, -0.1) is 0 Å². The molecular weight excluding hydrogens is 521 g/mol. The van der Waals surface area contributed by atoms with Crippen LogP contribution in [0, 0.1) is 12.7 Å². The van der Waals surface area contributed by atoms with E-state index in [0.29, 0.717) is 25.5 Å². The zero-order valence-electron chi connectivity index (χ0n) is 22.1. The molecule has 1 aliphatic heterocycles. The number of rotatable bonds is 8. The second-order valence-electron chi connectivity index (χ2n) is 9.71. The molecule has 2 atom stereocenters. The fourth-order valence-electron chi connectivity index (χ4n) is 5.04. The number of carbonyl (C=O) groups excluding carboxylic acids is 1. The molecule has 0 aliphatic carbocycles. The third kappa shape index (κ3) is 5.83. The van der Waals surface area contributed by atoms with E-state index >= 15 is 0 Å². The first-order valence-corrected chi connectivity index (χ1v) is 13.1. The van der Waals surface area contributed by atoms with Gasteiger partial charge in [0.1, 0.15) is 17.3 Å². The molecule has 2 aromatic heterocycles. The molecule has 9 nitrogen and oxygen atoms in total. The van der Waals surface area contributed by atoms with E-state index < -0.39 is 5.82 Å². The maximum atomic E-state index is 13.9. The maximum Gasteiger partial charge on any atom is 0.320 e. The number of para-hydroxylation sites is 1. The van der Waals surface area contributed by atoms with Crippen LogP contribution in [0.5, 0.6) is 0 Å². The smallest absolute Gasteiger partial charge is 0.320 e. The monoisotopic (exact) mass is 551 g/mol. The molecule has 3 heterocycles. The van der Waals surface area contributed by atoms with Crippen LogP contribution < -0.4 is 10.6 Å². The predicted octanol–water partition coefficient (Wildman–Crippen LogP) is 4.61. The van der Waals surface area contributed by atoms with Gasteiger partial charge in [-0.2, -0.15) is 10.2 Å². The fourth-order valence-corrected chi connectivity index (χ4v) is 5.23. The van der Waals surface area contributed by atoms with E-state index in [0.717, 1.165) is 34.6 Å². The van der Waals surface area contributed by atoms with E-state index in [1.54, 1.807) is 34.8 Å². The van der Waals surface area contributed by atoms with Gasteiger partial charge in [0.25, 0.3) is 0 Å². The van der Waals surface area contributed by atoms with Gasteiger partial charge in [-0.25, -0.2) is 13.9 Å². The van der Waals surface area contributed by atoms with Crippen LogP contribution in [0.3, 0.4) is 0 Å². The van der Waals surface area contributed by atoms with Crippen molar-refractivity contribution in [3.05, 3.63) is 82.9 Å². The van der Waals surface area contributed by atoms with Crippen molar-refractivity contribution in [1.82, 2.24) is 29.8 Å². The lowest BCUT2D eigenvalue weighted by Gasteiger charge is -2.21. The van der Waals surface area contributed by atoms with Crippen LogP contribution in [0.4, 0.5) is 15.0 Å². The summed E-state index contributed by atoms with van der Waals surface area (Å²) in [5.41, 5.74) is 4.09. The van der Waals surface area contributed by atoms with Crippen LogP contribution >= 0.6 is 11.6 Å². The number of methoxy groups -OCH3 is 1. The van der Waals surface area contributed by atoms with Gasteiger partial charge in [0.05, 0.1) is 29.6 Å². The second-order valence-corrected chi connectivity index (χ2v) is 10.1. The Labute approximate surface area is 231 Å². The second kappa shape index (κ2) is 11.6. The Morgan fingerprint density at radius 3 is 2.69 bits per heavy atom. The van der Waals surface area contributed by atoms with Gasteiger partial charge >= 0.3 is 6.03 Å². The highest BCUT2D eigenvalue weighted by Gasteiger charge is 2.35. The lowest BCUT2D eigenvalue weighted by Crippen LogP contribution is -2.42. The third-order valence-corrected chi connectivity index (χ3v) is 7.32. The first-order chi connectivity index (χ1) is 18.8. The number of carbonyl (C=O) groups is 1. The number of halogens is 2. The van der Waals surface area contributed by atoms with Gasteiger partial charge in [0, 0.05) is 57.0 Å². The van der Waals surface area contributed by atoms with Crippen LogP contribution in [0.2, 0.25) is 5.02 Å². The molecular formula is C28H31ClFN7O2. The summed E-state index contributed by atoms with van der Waals surface area (Å²) < 4.78 is 22.6. The lowest BCUT2D eigenvalue weighted by atomic mass is 9.94. The van der Waals surface area contributed by atoms with Gasteiger partial charge in [0.15, 0.2) is 0 Å². The molecule has 0 radical (unpaired) electrons. The van der Waals surface area contributed by atoms with Gasteiger partial charge in [0.2, 0.25) is 0 Å². The molecule has 2 amide bonds. The molecule has 39 heavy (non-hydrogen) atoms. The number of urea groups is 1. The molecule has 2 aromatic carbocycles. The number of aromatic nitrogens is 4. The molecule has 4 aromatic rings. The molecule has 0 bridgehead atoms. The molecule has 1 saturated heterocycles. The summed E-state index contributed by atoms with van der Waals surface area (Å²) in [5.74, 6) is 0.0240. The number of aryl methyl sites for hydroxylation is 1. The highest BCUT2D eigenvalue weighted by Crippen LogP contribution is 2.32. The van der Waals surface area contributed by atoms with E-state index in [1.165, 1.54) is 6.07 Å². The summed E-state index contributed by atoms with van der Waals surface area (Å²) in [6, 6.07) is 13.8. The summed E-state index contributed by atoms with van der Waals surface area (Å²) in [4.78, 5) is 15.7. The van der Waals surface area contributed by atoms with Gasteiger partial charge in [-0.3, -0.25) is 14.9 Å². The molecule has 1 aliphatic rings. The Bertz CT molecular complexity index is 1460. The Kier molecular flexibility index (Phi) is 7.97. The number of hydrogen-bond donors (Lipinski definition) is 2. The van der Waals surface area contributed by atoms with Crippen LogP contribution in [0.15, 0.2) is 60.9 Å². The summed E-state index contributed by atoms with van der Waals surface area (Å²) in [6.45, 7) is 4.52. The van der Waals surface area contributed by atoms with Crippen molar-refractivity contribution in [2.24, 2.45) is 7.05 Å². The minimum absolute atomic E-state index is 0.0661. The van der Waals surface area contributed by atoms with E-state index in [9.17, 15) is 9.18 Å². The first-order valence-electron chi connectivity index (χ1n) is 12.7. The highest BCUT2D eigenvalue weighted by molar-refractivity contribution is 6.30. The van der Waals surface area contributed by atoms with Crippen molar-refractivity contribution in [2.45, 2.75) is 18.9 Å². The molecule has 0 spiro atoms. The van der Waals surface area contributed by atoms with Crippen molar-refractivity contribution >= 4 is 23.4 Å². The Balaban J connectivity index is 1.42. The van der Waals surface area contributed by atoms with E-state index in [2.05, 4.69) is 20.6 Å². The molecule has 204 valence electrons. The zero-order chi connectivity index (χ0) is 27.5. The molecule has 0 saturated carbocycles. The van der Waals surface area contributed by atoms with Crippen molar-refractivity contribution in [1.29, 1.82) is 0 Å². The predicted molar refractivity (Wildman–Crippen MR) is 149 cm³/mol. The summed E-state index contributed by atoms with van der Waals surface area (Å²) in [7, 11) is 3.51. The normalized spacial score (nSPS) is 17.5. The van der Waals surface area contributed by atoms with Crippen LogP contribution in [0.1, 0.15) is 17.0 Å². The number of amides is 2. The summed E-state index contributed by atoms with van der Waals surface area (Å²) in [5, 5.41) is 15.4. The zero-order valence-corrected chi connectivity index (χ0v) is 22.8. The Morgan fingerprint density at radius 1 is 1.21 bits per heavy atom. The number of benzene rings is 2. The Hall–Kier alpha value is -3.73. The van der Waals surface area contributed by atoms with Gasteiger partial charge in [-0.1, -0.05) is 35.9 Å². The number of hydrogen-bond acceptors (Lipinski definition) is 5. The highest BCUT2D eigenvalue weighted by atomic mass is 35.5. The number of nitrogens with zero attached hydrogens (tertiary/aromatic N) is 5. The maximum absolute atomic E-state index is 13.9. The van der Waals surface area contributed by atoms with Crippen LogP contribution in [-0.4, -0.2) is 69.9 Å². The summed E-state index contributed by atoms with van der Waals surface area (Å²) in [6.07, 6.45) is 3.64. The standard InChI is InChI=1S/C28H31ClFN7O2/c1-18-26(20-14-31-35(2)15-20)34-37(21-7-5-4-6-8-21)27(18)33-28(38)32-25-17-36(11-12-39-3)16-22(25)19-9-10-24(30)23(29)13-19/h4-10,13-15,22,25H,11-12,16-17H2,1-3H3,(H2,32,33,38)/t22?,25-/m1/s1. The van der Waals surface area contributed by atoms with Crippen LogP contribution in [0.25, 0.3) is 16.9 Å². The van der Waals surface area contributed by atoms with Gasteiger partial charge < -0.3 is 10.1 Å². The van der Waals surface area contributed by atoms with Crippen molar-refractivity contribution in [3.8, 4) is 16.9 Å². The van der Waals surface area contributed by atoms with Crippen molar-refractivity contribution in [2.75, 3.05) is 38.7 Å². The number of ether oxygens (including phenoxy) is 1. The van der Waals surface area contributed by atoms with Crippen LogP contribution in [-0.2, 0) is 11.8 Å². The number of likely N-dealkylation sites (tertiary alicyclic amines) is 1. The minimum atomic E-state index is -0.467. The quantitative estimate of drug-likeness (QED) is 0.334. The van der Waals surface area contributed by atoms with Crippen molar-refractivity contribution < 1.29 is 13.9 Å². The molecule has 5 rings (SSSR count). The molecule has 1 fully saturated rings. The van der Waals surface area contributed by atoms with E-state index in [4.69, 9.17) is 21.4 Å².